The molecular formula is C16H28O4. The van der Waals surface area contributed by atoms with E-state index >= 15 is 0 Å². The molecular weight excluding hydrogens is 256 g/mol. The Labute approximate surface area is 121 Å². The molecule has 0 heterocycles. The van der Waals surface area contributed by atoms with E-state index in [1.165, 1.54) is 31.8 Å². The molecule has 20 heavy (non-hydrogen) atoms. The monoisotopic (exact) mass is 284 g/mol. The van der Waals surface area contributed by atoms with Gasteiger partial charge in [-0.15, -0.1) is 0 Å². The van der Waals surface area contributed by atoms with Crippen LogP contribution in [0.5, 0.6) is 0 Å². The Hall–Kier alpha value is -1.32. The summed E-state index contributed by atoms with van der Waals surface area (Å²) in [7, 11) is 0. The molecule has 0 aromatic heterocycles. The number of carbonyl (C=O) groups is 2. The lowest BCUT2D eigenvalue weighted by Gasteiger charge is -2.04. The molecule has 0 aromatic rings. The van der Waals surface area contributed by atoms with E-state index in [-0.39, 0.29) is 6.42 Å². The predicted molar refractivity (Wildman–Crippen MR) is 79.7 cm³/mol. The fourth-order valence-electron chi connectivity index (χ4n) is 2.03. The maximum atomic E-state index is 10.8. The van der Waals surface area contributed by atoms with Crippen molar-refractivity contribution >= 4 is 11.9 Å². The molecule has 0 amide bonds. The molecule has 0 aromatic carbocycles. The average Bonchev–Trinajstić information content (AvgIpc) is 2.34. The van der Waals surface area contributed by atoms with Crippen molar-refractivity contribution < 1.29 is 19.8 Å². The van der Waals surface area contributed by atoms with E-state index in [1.54, 1.807) is 6.08 Å². The molecule has 4 heteroatoms. The molecule has 0 spiro atoms. The third-order valence-electron chi connectivity index (χ3n) is 3.23. The largest absolute Gasteiger partial charge is 0.481 e. The number of carboxylic acid groups (broad SMARTS) is 2. The zero-order chi connectivity index (χ0) is 15.4. The minimum absolute atomic E-state index is 0.346. The van der Waals surface area contributed by atoms with E-state index in [1.807, 2.05) is 0 Å². The number of allylic oxidation sites excluding steroid dienone is 1. The summed E-state index contributed by atoms with van der Waals surface area (Å²) in [5.74, 6) is -2.27. The summed E-state index contributed by atoms with van der Waals surface area (Å²) < 4.78 is 0. The predicted octanol–water partition coefficient (Wildman–Crippen LogP) is 4.10. The Morgan fingerprint density at radius 2 is 1.60 bits per heavy atom. The van der Waals surface area contributed by atoms with E-state index < -0.39 is 17.9 Å². The molecule has 0 aliphatic heterocycles. The van der Waals surface area contributed by atoms with Gasteiger partial charge in [0.1, 0.15) is 0 Å². The van der Waals surface area contributed by atoms with Crippen LogP contribution in [0.4, 0.5) is 0 Å². The molecule has 0 aliphatic rings. The van der Waals surface area contributed by atoms with Gasteiger partial charge in [0, 0.05) is 0 Å². The zero-order valence-corrected chi connectivity index (χ0v) is 12.7. The van der Waals surface area contributed by atoms with Crippen molar-refractivity contribution in [3.05, 3.63) is 12.2 Å². The minimum atomic E-state index is -1.08. The topological polar surface area (TPSA) is 74.6 Å². The lowest BCUT2D eigenvalue weighted by Crippen LogP contribution is -2.15. The van der Waals surface area contributed by atoms with Crippen molar-refractivity contribution in [2.45, 2.75) is 65.2 Å². The third kappa shape index (κ3) is 11.8. The average molecular weight is 284 g/mol. The van der Waals surface area contributed by atoms with E-state index in [9.17, 15) is 9.59 Å². The van der Waals surface area contributed by atoms with Crippen LogP contribution in [0.15, 0.2) is 12.2 Å². The molecule has 2 N–H and O–H groups in total. The summed E-state index contributed by atoms with van der Waals surface area (Å²) in [5.41, 5.74) is 0. The first-order valence-corrected chi connectivity index (χ1v) is 7.54. The summed E-state index contributed by atoms with van der Waals surface area (Å²) in [4.78, 5) is 21.3. The lowest BCUT2D eigenvalue weighted by atomic mass is 10.0. The van der Waals surface area contributed by atoms with Crippen LogP contribution < -0.4 is 0 Å². The highest BCUT2D eigenvalue weighted by Crippen LogP contribution is 2.12. The van der Waals surface area contributed by atoms with Crippen molar-refractivity contribution in [3.63, 3.8) is 0 Å². The summed E-state index contributed by atoms with van der Waals surface area (Å²) in [6, 6.07) is 0. The van der Waals surface area contributed by atoms with Gasteiger partial charge in [0.2, 0.25) is 0 Å². The van der Waals surface area contributed by atoms with Crippen LogP contribution in [0, 0.1) is 11.8 Å². The Bertz CT molecular complexity index is 308. The molecule has 1 unspecified atom stereocenters. The molecule has 0 saturated carbocycles. The van der Waals surface area contributed by atoms with Crippen LogP contribution >= 0.6 is 0 Å². The van der Waals surface area contributed by atoms with Gasteiger partial charge in [-0.25, -0.2) is 0 Å². The van der Waals surface area contributed by atoms with Crippen molar-refractivity contribution in [3.8, 4) is 0 Å². The van der Waals surface area contributed by atoms with Crippen LogP contribution in [-0.4, -0.2) is 22.2 Å². The Morgan fingerprint density at radius 3 is 2.15 bits per heavy atom. The summed E-state index contributed by atoms with van der Waals surface area (Å²) in [6.45, 7) is 4.47. The van der Waals surface area contributed by atoms with Gasteiger partial charge in [-0.05, 0) is 18.8 Å². The molecule has 1 atom stereocenters. The van der Waals surface area contributed by atoms with Crippen molar-refractivity contribution in [2.75, 3.05) is 0 Å². The van der Waals surface area contributed by atoms with Gasteiger partial charge in [-0.1, -0.05) is 58.1 Å². The highest BCUT2D eigenvalue weighted by Gasteiger charge is 2.17. The van der Waals surface area contributed by atoms with Gasteiger partial charge in [-0.2, -0.15) is 0 Å². The van der Waals surface area contributed by atoms with Crippen molar-refractivity contribution in [2.24, 2.45) is 11.8 Å². The number of aliphatic carboxylic acids is 2. The van der Waals surface area contributed by atoms with E-state index in [0.29, 0.717) is 0 Å². The van der Waals surface area contributed by atoms with Crippen LogP contribution in [0.3, 0.4) is 0 Å². The second-order valence-corrected chi connectivity index (χ2v) is 5.71. The van der Waals surface area contributed by atoms with E-state index in [2.05, 4.69) is 13.8 Å². The van der Waals surface area contributed by atoms with Crippen LogP contribution in [0.25, 0.3) is 0 Å². The van der Waals surface area contributed by atoms with Gasteiger partial charge < -0.3 is 10.2 Å². The molecule has 0 rings (SSSR count). The number of unbranched alkanes of at least 4 members (excludes halogenated alkanes) is 5. The Balaban J connectivity index is 3.63. The third-order valence-corrected chi connectivity index (χ3v) is 3.23. The van der Waals surface area contributed by atoms with Gasteiger partial charge in [0.25, 0.3) is 0 Å². The summed E-state index contributed by atoms with van der Waals surface area (Å²) in [5, 5.41) is 17.4. The van der Waals surface area contributed by atoms with Crippen molar-refractivity contribution in [1.29, 1.82) is 0 Å². The SMILES string of the molecule is CC(C)CCCCCCCC=CC(CC(=O)O)C(=O)O. The summed E-state index contributed by atoms with van der Waals surface area (Å²) >= 11 is 0. The quantitative estimate of drug-likeness (QED) is 0.418. The number of rotatable bonds is 12. The van der Waals surface area contributed by atoms with Crippen LogP contribution in [0.1, 0.15) is 65.2 Å². The second kappa shape index (κ2) is 11.5. The molecule has 0 fully saturated rings. The smallest absolute Gasteiger partial charge is 0.310 e. The summed E-state index contributed by atoms with van der Waals surface area (Å²) in [6.07, 6.45) is 11.0. The van der Waals surface area contributed by atoms with Gasteiger partial charge in [0.05, 0.1) is 12.3 Å². The van der Waals surface area contributed by atoms with Crippen LogP contribution in [0.2, 0.25) is 0 Å². The lowest BCUT2D eigenvalue weighted by molar-refractivity contribution is -0.146. The highest BCUT2D eigenvalue weighted by atomic mass is 16.4. The first-order chi connectivity index (χ1) is 9.43. The molecule has 116 valence electrons. The zero-order valence-electron chi connectivity index (χ0n) is 12.7. The first-order valence-electron chi connectivity index (χ1n) is 7.54. The van der Waals surface area contributed by atoms with E-state index in [4.69, 9.17) is 10.2 Å². The standard InChI is InChI=1S/C16H28O4/c1-13(2)10-8-6-4-3-5-7-9-11-14(16(19)20)12-15(17)18/h9,11,13-14H,3-8,10,12H2,1-2H3,(H,17,18)(H,19,20). The number of hydrogen-bond donors (Lipinski definition) is 2. The maximum absolute atomic E-state index is 10.8. The molecule has 4 nitrogen and oxygen atoms in total. The Morgan fingerprint density at radius 1 is 1.00 bits per heavy atom. The van der Waals surface area contributed by atoms with Crippen molar-refractivity contribution in [1.82, 2.24) is 0 Å². The maximum Gasteiger partial charge on any atom is 0.310 e. The van der Waals surface area contributed by atoms with Crippen LogP contribution in [-0.2, 0) is 9.59 Å². The van der Waals surface area contributed by atoms with Gasteiger partial charge in [0.15, 0.2) is 0 Å². The number of hydrogen-bond acceptors (Lipinski definition) is 2. The fraction of sp³-hybridized carbons (Fsp3) is 0.750. The van der Waals surface area contributed by atoms with Gasteiger partial charge >= 0.3 is 11.9 Å². The first kappa shape index (κ1) is 18.7. The highest BCUT2D eigenvalue weighted by molar-refractivity contribution is 5.79. The van der Waals surface area contributed by atoms with Gasteiger partial charge in [-0.3, -0.25) is 9.59 Å². The molecule has 0 bridgehead atoms. The van der Waals surface area contributed by atoms with E-state index in [0.717, 1.165) is 25.2 Å². The fourth-order valence-corrected chi connectivity index (χ4v) is 2.03. The molecule has 0 radical (unpaired) electrons. The molecule has 0 aliphatic carbocycles. The second-order valence-electron chi connectivity index (χ2n) is 5.71. The normalized spacial score (nSPS) is 12.9. The molecule has 0 saturated heterocycles. The minimum Gasteiger partial charge on any atom is -0.481 e. The number of carboxylic acids is 2. The Kier molecular flexibility index (Phi) is 10.7.